The number of hydrogen-bond acceptors (Lipinski definition) is 1. The molecule has 0 bridgehead atoms. The number of aryl methyl sites for hydroxylation is 1. The fourth-order valence-electron chi connectivity index (χ4n) is 3.76. The summed E-state index contributed by atoms with van der Waals surface area (Å²) in [7, 11) is 1.69. The van der Waals surface area contributed by atoms with Crippen LogP contribution in [0.3, 0.4) is 0 Å². The number of rotatable bonds is 6. The van der Waals surface area contributed by atoms with Crippen molar-refractivity contribution >= 4 is 10.8 Å². The molecule has 154 valence electrons. The van der Waals surface area contributed by atoms with Gasteiger partial charge in [-0.15, -0.1) is 0 Å². The van der Waals surface area contributed by atoms with Gasteiger partial charge >= 0.3 is 0 Å². The second kappa shape index (κ2) is 10.0. The summed E-state index contributed by atoms with van der Waals surface area (Å²) in [5, 5.41) is 2.33. The van der Waals surface area contributed by atoms with E-state index in [4.69, 9.17) is 4.74 Å². The van der Waals surface area contributed by atoms with Gasteiger partial charge in [0.15, 0.2) is 0 Å². The number of fused-ring (bicyclic) bond motifs is 1. The van der Waals surface area contributed by atoms with Crippen LogP contribution in [0.5, 0.6) is 5.75 Å². The van der Waals surface area contributed by atoms with Gasteiger partial charge < -0.3 is 4.74 Å². The molecule has 0 radical (unpaired) electrons. The molecule has 0 aromatic heterocycles. The van der Waals surface area contributed by atoms with Crippen molar-refractivity contribution in [2.24, 2.45) is 0 Å². The van der Waals surface area contributed by atoms with E-state index in [-0.39, 0.29) is 0 Å². The second-order valence-electron chi connectivity index (χ2n) is 7.91. The maximum absolute atomic E-state index is 5.30. The molecule has 0 unspecified atom stereocenters. The van der Waals surface area contributed by atoms with Gasteiger partial charge in [0.05, 0.1) is 7.11 Å². The first kappa shape index (κ1) is 20.8. The van der Waals surface area contributed by atoms with Crippen molar-refractivity contribution in [1.29, 1.82) is 0 Å². The maximum Gasteiger partial charge on any atom is 0.119 e. The Labute approximate surface area is 185 Å². The Morgan fingerprint density at radius 1 is 0.645 bits per heavy atom. The third-order valence-corrected chi connectivity index (χ3v) is 5.64. The van der Waals surface area contributed by atoms with Gasteiger partial charge in [-0.05, 0) is 76.7 Å². The van der Waals surface area contributed by atoms with Crippen LogP contribution in [0, 0.1) is 11.8 Å². The summed E-state index contributed by atoms with van der Waals surface area (Å²) in [4.78, 5) is 0. The molecule has 4 aromatic rings. The fraction of sp³-hybridized carbons (Fsp3) is 0.200. The van der Waals surface area contributed by atoms with Crippen molar-refractivity contribution in [3.8, 4) is 28.7 Å². The highest BCUT2D eigenvalue weighted by Gasteiger charge is 2.00. The molecule has 0 amide bonds. The fourth-order valence-corrected chi connectivity index (χ4v) is 3.76. The lowest BCUT2D eigenvalue weighted by Crippen LogP contribution is -1.86. The average molecular weight is 405 g/mol. The van der Waals surface area contributed by atoms with Crippen molar-refractivity contribution in [2.45, 2.75) is 32.6 Å². The van der Waals surface area contributed by atoms with E-state index in [1.165, 1.54) is 47.8 Å². The summed E-state index contributed by atoms with van der Waals surface area (Å²) < 4.78 is 5.30. The molecule has 0 spiro atoms. The van der Waals surface area contributed by atoms with Crippen LogP contribution in [-0.2, 0) is 6.42 Å². The Balaban J connectivity index is 1.45. The monoisotopic (exact) mass is 404 g/mol. The molecule has 0 aliphatic rings. The third-order valence-electron chi connectivity index (χ3n) is 5.64. The number of benzene rings is 4. The molecule has 31 heavy (non-hydrogen) atoms. The van der Waals surface area contributed by atoms with Crippen LogP contribution in [0.2, 0.25) is 0 Å². The number of ether oxygens (including phenoxy) is 1. The molecular weight excluding hydrogens is 376 g/mol. The van der Waals surface area contributed by atoms with Gasteiger partial charge in [0.1, 0.15) is 5.75 Å². The lowest BCUT2D eigenvalue weighted by Gasteiger charge is -2.05. The predicted octanol–water partition coefficient (Wildman–Crippen LogP) is 7.65. The van der Waals surface area contributed by atoms with Crippen LogP contribution >= 0.6 is 0 Å². The van der Waals surface area contributed by atoms with E-state index in [0.29, 0.717) is 0 Å². The molecule has 0 N–H and O–H groups in total. The predicted molar refractivity (Wildman–Crippen MR) is 132 cm³/mol. The van der Waals surface area contributed by atoms with E-state index in [1.54, 1.807) is 7.11 Å². The van der Waals surface area contributed by atoms with Crippen molar-refractivity contribution in [3.05, 3.63) is 102 Å². The van der Waals surface area contributed by atoms with Crippen LogP contribution in [0.1, 0.15) is 42.9 Å². The SMILES string of the molecule is CCCCCc1ccc(-c2ccc(C#Cc3ccc4cc(OC)ccc4c3)cc2)cc1. The normalized spacial score (nSPS) is 10.5. The van der Waals surface area contributed by atoms with Gasteiger partial charge in [-0.2, -0.15) is 0 Å². The molecule has 0 aliphatic carbocycles. The Bertz CT molecular complexity index is 1210. The molecule has 0 aliphatic heterocycles. The van der Waals surface area contributed by atoms with Crippen LogP contribution in [-0.4, -0.2) is 7.11 Å². The summed E-state index contributed by atoms with van der Waals surface area (Å²) in [6.45, 7) is 2.25. The van der Waals surface area contributed by atoms with Crippen molar-refractivity contribution in [3.63, 3.8) is 0 Å². The highest BCUT2D eigenvalue weighted by Crippen LogP contribution is 2.23. The quantitative estimate of drug-likeness (QED) is 0.237. The lowest BCUT2D eigenvalue weighted by atomic mass is 10.0. The molecule has 0 heterocycles. The Morgan fingerprint density at radius 2 is 1.26 bits per heavy atom. The Hall–Kier alpha value is -3.50. The van der Waals surface area contributed by atoms with E-state index in [0.717, 1.165) is 22.3 Å². The molecule has 0 saturated carbocycles. The molecule has 0 fully saturated rings. The summed E-state index contributed by atoms with van der Waals surface area (Å²) in [6.07, 6.45) is 5.02. The minimum atomic E-state index is 0.873. The summed E-state index contributed by atoms with van der Waals surface area (Å²) in [6, 6.07) is 29.9. The molecular formula is C30H28O. The van der Waals surface area contributed by atoms with Gasteiger partial charge in [-0.25, -0.2) is 0 Å². The maximum atomic E-state index is 5.30. The van der Waals surface area contributed by atoms with Crippen molar-refractivity contribution in [2.75, 3.05) is 7.11 Å². The molecule has 1 nitrogen and oxygen atoms in total. The van der Waals surface area contributed by atoms with Crippen LogP contribution in [0.15, 0.2) is 84.9 Å². The van der Waals surface area contributed by atoms with Gasteiger partial charge in [-0.3, -0.25) is 0 Å². The summed E-state index contributed by atoms with van der Waals surface area (Å²) >= 11 is 0. The van der Waals surface area contributed by atoms with Gasteiger partial charge in [0.25, 0.3) is 0 Å². The first-order valence-electron chi connectivity index (χ1n) is 11.0. The zero-order valence-electron chi connectivity index (χ0n) is 18.3. The van der Waals surface area contributed by atoms with E-state index in [2.05, 4.69) is 91.6 Å². The first-order valence-corrected chi connectivity index (χ1v) is 11.0. The van der Waals surface area contributed by atoms with Gasteiger partial charge in [0.2, 0.25) is 0 Å². The van der Waals surface area contributed by atoms with Crippen molar-refractivity contribution in [1.82, 2.24) is 0 Å². The zero-order valence-corrected chi connectivity index (χ0v) is 18.3. The summed E-state index contributed by atoms with van der Waals surface area (Å²) in [5.41, 5.74) is 5.94. The largest absolute Gasteiger partial charge is 0.497 e. The van der Waals surface area contributed by atoms with Gasteiger partial charge in [0, 0.05) is 11.1 Å². The average Bonchev–Trinajstić information content (AvgIpc) is 2.83. The topological polar surface area (TPSA) is 9.23 Å². The Morgan fingerprint density at radius 3 is 1.97 bits per heavy atom. The second-order valence-corrected chi connectivity index (χ2v) is 7.91. The Kier molecular flexibility index (Phi) is 6.70. The highest BCUT2D eigenvalue weighted by atomic mass is 16.5. The lowest BCUT2D eigenvalue weighted by molar-refractivity contribution is 0.415. The third kappa shape index (κ3) is 5.36. The zero-order chi connectivity index (χ0) is 21.5. The minimum absolute atomic E-state index is 0.873. The van der Waals surface area contributed by atoms with E-state index in [1.807, 2.05) is 12.1 Å². The number of hydrogen-bond donors (Lipinski definition) is 0. The highest BCUT2D eigenvalue weighted by molar-refractivity contribution is 5.85. The smallest absolute Gasteiger partial charge is 0.119 e. The molecule has 4 aromatic carbocycles. The summed E-state index contributed by atoms with van der Waals surface area (Å²) in [5.74, 6) is 7.45. The number of methoxy groups -OCH3 is 1. The van der Waals surface area contributed by atoms with E-state index in [9.17, 15) is 0 Å². The molecule has 0 atom stereocenters. The van der Waals surface area contributed by atoms with Crippen LogP contribution in [0.25, 0.3) is 21.9 Å². The number of unbranched alkanes of at least 4 members (excludes halogenated alkanes) is 2. The van der Waals surface area contributed by atoms with Gasteiger partial charge in [-0.1, -0.05) is 80.1 Å². The molecule has 0 saturated heterocycles. The van der Waals surface area contributed by atoms with E-state index < -0.39 is 0 Å². The minimum Gasteiger partial charge on any atom is -0.497 e. The van der Waals surface area contributed by atoms with Crippen LogP contribution < -0.4 is 4.74 Å². The standard InChI is InChI=1S/C30H28O/c1-3-4-5-6-23-9-14-26(15-10-23)27-16-11-24(12-17-27)7-8-25-13-18-29-22-30(31-2)20-19-28(29)21-25/h9-22H,3-6H2,1-2H3. The molecule has 4 rings (SSSR count). The van der Waals surface area contributed by atoms with Crippen LogP contribution in [0.4, 0.5) is 0 Å². The van der Waals surface area contributed by atoms with E-state index >= 15 is 0 Å². The first-order chi connectivity index (χ1) is 15.2. The molecule has 1 heteroatoms. The van der Waals surface area contributed by atoms with Crippen molar-refractivity contribution < 1.29 is 4.74 Å².